The molecular weight excluding hydrogens is 394 g/mol. The molecule has 5 rings (SSSR count). The summed E-state index contributed by atoms with van der Waals surface area (Å²) in [5.74, 6) is 0.654. The van der Waals surface area contributed by atoms with Crippen molar-refractivity contribution in [3.63, 3.8) is 0 Å². The number of aromatic nitrogens is 2. The molecule has 0 unspecified atom stereocenters. The number of carbonyl (C=O) groups excluding carboxylic acids is 2. The molecule has 160 valence electrons. The van der Waals surface area contributed by atoms with E-state index >= 15 is 0 Å². The monoisotopic (exact) mass is 419 g/mol. The number of hydrogen-bond donors (Lipinski definition) is 1. The smallest absolute Gasteiger partial charge is 0.291 e. The lowest BCUT2D eigenvalue weighted by atomic mass is 10.1. The summed E-state index contributed by atoms with van der Waals surface area (Å²) in [6.07, 6.45) is 7.38. The maximum atomic E-state index is 13.4. The highest BCUT2D eigenvalue weighted by Crippen LogP contribution is 2.34. The summed E-state index contributed by atoms with van der Waals surface area (Å²) in [6, 6.07) is 9.23. The number of carbonyl (C=O) groups is 2. The standard InChI is InChI=1S/C23H25N5O3/c29-21(16-6-1-2-7-16)26-19-17-8-3-4-9-18(17)31-20(19)22(30)27-12-14-28(15-13-27)23-24-10-5-11-25-23/h3-5,8-11,16H,1-2,6-7,12-15H2,(H,26,29). The number of rotatable bonds is 4. The van der Waals surface area contributed by atoms with Crippen LogP contribution in [0.2, 0.25) is 0 Å². The van der Waals surface area contributed by atoms with E-state index in [2.05, 4.69) is 20.2 Å². The number of amides is 2. The van der Waals surface area contributed by atoms with E-state index in [1.54, 1.807) is 23.4 Å². The third-order valence-electron chi connectivity index (χ3n) is 6.17. The number of nitrogens with zero attached hydrogens (tertiary/aromatic N) is 4. The van der Waals surface area contributed by atoms with Crippen LogP contribution in [0.4, 0.5) is 11.6 Å². The second-order valence-corrected chi connectivity index (χ2v) is 8.10. The SMILES string of the molecule is O=C(Nc1c(C(=O)N2CCN(c3ncccn3)CC2)oc2ccccc12)C1CCCC1. The van der Waals surface area contributed by atoms with Gasteiger partial charge in [-0.2, -0.15) is 0 Å². The van der Waals surface area contributed by atoms with Gasteiger partial charge in [0.1, 0.15) is 11.3 Å². The van der Waals surface area contributed by atoms with Gasteiger partial charge in [0.15, 0.2) is 0 Å². The number of nitrogens with one attached hydrogen (secondary N) is 1. The number of hydrogen-bond acceptors (Lipinski definition) is 6. The Morgan fingerprint density at radius 3 is 2.42 bits per heavy atom. The van der Waals surface area contributed by atoms with Crippen molar-refractivity contribution in [2.45, 2.75) is 25.7 Å². The Hall–Kier alpha value is -3.42. The van der Waals surface area contributed by atoms with Gasteiger partial charge in [-0.05, 0) is 31.0 Å². The number of piperazine rings is 1. The van der Waals surface area contributed by atoms with Gasteiger partial charge in [-0.1, -0.05) is 25.0 Å². The van der Waals surface area contributed by atoms with Gasteiger partial charge < -0.3 is 19.5 Å². The van der Waals surface area contributed by atoms with Crippen LogP contribution in [-0.2, 0) is 4.79 Å². The third-order valence-corrected chi connectivity index (χ3v) is 6.17. The van der Waals surface area contributed by atoms with Gasteiger partial charge in [-0.25, -0.2) is 9.97 Å². The van der Waals surface area contributed by atoms with Crippen molar-refractivity contribution >= 4 is 34.4 Å². The zero-order valence-corrected chi connectivity index (χ0v) is 17.3. The maximum absolute atomic E-state index is 13.4. The maximum Gasteiger partial charge on any atom is 0.291 e. The first kappa shape index (κ1) is 19.5. The van der Waals surface area contributed by atoms with E-state index in [0.29, 0.717) is 43.4 Å². The molecule has 0 atom stereocenters. The van der Waals surface area contributed by atoms with Gasteiger partial charge in [0, 0.05) is 49.9 Å². The van der Waals surface area contributed by atoms with Crippen molar-refractivity contribution in [2.75, 3.05) is 36.4 Å². The predicted molar refractivity (Wildman–Crippen MR) is 117 cm³/mol. The molecule has 31 heavy (non-hydrogen) atoms. The van der Waals surface area contributed by atoms with Crippen LogP contribution in [0.3, 0.4) is 0 Å². The molecule has 8 nitrogen and oxygen atoms in total. The largest absolute Gasteiger partial charge is 0.449 e. The van der Waals surface area contributed by atoms with Crippen LogP contribution in [0.15, 0.2) is 47.1 Å². The van der Waals surface area contributed by atoms with Gasteiger partial charge in [0.05, 0.1) is 0 Å². The van der Waals surface area contributed by atoms with Crippen molar-refractivity contribution in [3.8, 4) is 0 Å². The molecule has 1 saturated carbocycles. The molecule has 2 amide bonds. The van der Waals surface area contributed by atoms with E-state index in [9.17, 15) is 9.59 Å². The second kappa shape index (κ2) is 8.37. The summed E-state index contributed by atoms with van der Waals surface area (Å²) < 4.78 is 5.94. The van der Waals surface area contributed by atoms with Gasteiger partial charge >= 0.3 is 0 Å². The summed E-state index contributed by atoms with van der Waals surface area (Å²) in [4.78, 5) is 38.6. The first-order chi connectivity index (χ1) is 15.2. The zero-order valence-electron chi connectivity index (χ0n) is 17.3. The van der Waals surface area contributed by atoms with Crippen LogP contribution >= 0.6 is 0 Å². The van der Waals surface area contributed by atoms with E-state index in [4.69, 9.17) is 4.42 Å². The van der Waals surface area contributed by atoms with Gasteiger partial charge in [0.25, 0.3) is 5.91 Å². The Bertz CT molecular complexity index is 1080. The molecule has 3 heterocycles. The number of para-hydroxylation sites is 1. The van der Waals surface area contributed by atoms with Crippen molar-refractivity contribution < 1.29 is 14.0 Å². The number of benzene rings is 1. The summed E-state index contributed by atoms with van der Waals surface area (Å²) in [6.45, 7) is 2.34. The lowest BCUT2D eigenvalue weighted by molar-refractivity contribution is -0.119. The normalized spacial score (nSPS) is 17.3. The number of anilines is 2. The van der Waals surface area contributed by atoms with Gasteiger partial charge in [-0.15, -0.1) is 0 Å². The highest BCUT2D eigenvalue weighted by Gasteiger charge is 2.31. The molecule has 2 aliphatic rings. The van der Waals surface area contributed by atoms with E-state index < -0.39 is 0 Å². The van der Waals surface area contributed by atoms with Crippen molar-refractivity contribution in [1.82, 2.24) is 14.9 Å². The van der Waals surface area contributed by atoms with E-state index in [1.807, 2.05) is 24.3 Å². The van der Waals surface area contributed by atoms with Gasteiger partial charge in [0.2, 0.25) is 17.6 Å². The molecular formula is C23H25N5O3. The molecule has 1 aliphatic heterocycles. The van der Waals surface area contributed by atoms with E-state index in [1.165, 1.54) is 0 Å². The molecule has 1 N–H and O–H groups in total. The lowest BCUT2D eigenvalue weighted by Gasteiger charge is -2.34. The molecule has 2 fully saturated rings. The topological polar surface area (TPSA) is 91.6 Å². The van der Waals surface area contributed by atoms with Crippen LogP contribution in [0.1, 0.15) is 36.2 Å². The fourth-order valence-corrected chi connectivity index (χ4v) is 4.44. The highest BCUT2D eigenvalue weighted by atomic mass is 16.3. The minimum Gasteiger partial charge on any atom is -0.449 e. The van der Waals surface area contributed by atoms with Crippen molar-refractivity contribution in [3.05, 3.63) is 48.5 Å². The predicted octanol–water partition coefficient (Wildman–Crippen LogP) is 3.31. The van der Waals surface area contributed by atoms with E-state index in [-0.39, 0.29) is 23.5 Å². The second-order valence-electron chi connectivity index (χ2n) is 8.10. The summed E-state index contributed by atoms with van der Waals surface area (Å²) >= 11 is 0. The van der Waals surface area contributed by atoms with Gasteiger partial charge in [-0.3, -0.25) is 9.59 Å². The molecule has 2 aromatic heterocycles. The third kappa shape index (κ3) is 3.85. The van der Waals surface area contributed by atoms with Crippen LogP contribution in [0, 0.1) is 5.92 Å². The van der Waals surface area contributed by atoms with Crippen LogP contribution in [0.25, 0.3) is 11.0 Å². The molecule has 1 aliphatic carbocycles. The average Bonchev–Trinajstić information content (AvgIpc) is 3.48. The fraction of sp³-hybridized carbons (Fsp3) is 0.391. The van der Waals surface area contributed by atoms with Crippen LogP contribution in [0.5, 0.6) is 0 Å². The first-order valence-corrected chi connectivity index (χ1v) is 10.8. The Morgan fingerprint density at radius 2 is 1.68 bits per heavy atom. The Balaban J connectivity index is 1.37. The number of fused-ring (bicyclic) bond motifs is 1. The molecule has 8 heteroatoms. The lowest BCUT2D eigenvalue weighted by Crippen LogP contribution is -2.49. The fourth-order valence-electron chi connectivity index (χ4n) is 4.44. The molecule has 1 aromatic carbocycles. The average molecular weight is 419 g/mol. The molecule has 0 bridgehead atoms. The quantitative estimate of drug-likeness (QED) is 0.698. The summed E-state index contributed by atoms with van der Waals surface area (Å²) in [5.41, 5.74) is 1.09. The zero-order chi connectivity index (χ0) is 21.2. The van der Waals surface area contributed by atoms with E-state index in [0.717, 1.165) is 31.1 Å². The summed E-state index contributed by atoms with van der Waals surface area (Å²) in [7, 11) is 0. The molecule has 3 aromatic rings. The Labute approximate surface area is 180 Å². The highest BCUT2D eigenvalue weighted by molar-refractivity contribution is 6.11. The van der Waals surface area contributed by atoms with Crippen LogP contribution in [-0.4, -0.2) is 52.9 Å². The first-order valence-electron chi connectivity index (χ1n) is 10.8. The molecule has 1 saturated heterocycles. The Kier molecular flexibility index (Phi) is 5.28. The van der Waals surface area contributed by atoms with Crippen molar-refractivity contribution in [2.24, 2.45) is 5.92 Å². The Morgan fingerprint density at radius 1 is 0.968 bits per heavy atom. The summed E-state index contributed by atoms with van der Waals surface area (Å²) in [5, 5.41) is 3.78. The van der Waals surface area contributed by atoms with Crippen molar-refractivity contribution in [1.29, 1.82) is 0 Å². The van der Waals surface area contributed by atoms with Crippen LogP contribution < -0.4 is 10.2 Å². The minimum absolute atomic E-state index is 0.00558. The molecule has 0 radical (unpaired) electrons. The minimum atomic E-state index is -0.202. The molecule has 0 spiro atoms. The number of furan rings is 1.